The van der Waals surface area contributed by atoms with E-state index in [1.807, 2.05) is 0 Å². The number of hydrogen-bond acceptors (Lipinski definition) is 3. The summed E-state index contributed by atoms with van der Waals surface area (Å²) in [4.78, 5) is 0. The van der Waals surface area contributed by atoms with Crippen molar-refractivity contribution in [3.63, 3.8) is 0 Å². The molecule has 15 heavy (non-hydrogen) atoms. The van der Waals surface area contributed by atoms with E-state index in [-0.39, 0.29) is 5.82 Å². The molecule has 0 saturated heterocycles. The SMILES string of the molecule is OB(O)OCCCCc1ccc(F)cc1. The molecule has 0 fully saturated rings. The van der Waals surface area contributed by atoms with Crippen LogP contribution in [0.4, 0.5) is 4.39 Å². The van der Waals surface area contributed by atoms with Gasteiger partial charge in [0.25, 0.3) is 0 Å². The van der Waals surface area contributed by atoms with Gasteiger partial charge >= 0.3 is 7.32 Å². The predicted molar refractivity (Wildman–Crippen MR) is 55.5 cm³/mol. The molecule has 0 bridgehead atoms. The topological polar surface area (TPSA) is 49.7 Å². The molecule has 0 amide bonds. The molecular weight excluding hydrogens is 198 g/mol. The largest absolute Gasteiger partial charge is 0.633 e. The van der Waals surface area contributed by atoms with Crippen LogP contribution >= 0.6 is 0 Å². The average molecular weight is 212 g/mol. The summed E-state index contributed by atoms with van der Waals surface area (Å²) in [6.45, 7) is 0.318. The molecular formula is C10H14BFO3. The summed E-state index contributed by atoms with van der Waals surface area (Å²) in [5.74, 6) is -0.231. The molecule has 0 aromatic heterocycles. The maximum Gasteiger partial charge on any atom is 0.633 e. The zero-order valence-corrected chi connectivity index (χ0v) is 8.40. The van der Waals surface area contributed by atoms with Crippen LogP contribution in [0, 0.1) is 5.82 Å². The molecule has 0 unspecified atom stereocenters. The Kier molecular flexibility index (Phi) is 5.32. The molecule has 0 atom stereocenters. The van der Waals surface area contributed by atoms with Crippen LogP contribution in [-0.4, -0.2) is 24.0 Å². The summed E-state index contributed by atoms with van der Waals surface area (Å²) in [5.41, 5.74) is 1.07. The van der Waals surface area contributed by atoms with Crippen LogP contribution in [0.1, 0.15) is 18.4 Å². The fourth-order valence-corrected chi connectivity index (χ4v) is 1.27. The normalized spacial score (nSPS) is 10.3. The first-order valence-corrected chi connectivity index (χ1v) is 4.90. The number of benzene rings is 1. The first-order chi connectivity index (χ1) is 7.18. The van der Waals surface area contributed by atoms with Gasteiger partial charge in [-0.15, -0.1) is 0 Å². The van der Waals surface area contributed by atoms with Crippen LogP contribution in [0.25, 0.3) is 0 Å². The molecule has 0 saturated carbocycles. The minimum absolute atomic E-state index is 0.231. The Bertz CT molecular complexity index is 277. The monoisotopic (exact) mass is 212 g/mol. The van der Waals surface area contributed by atoms with Crippen molar-refractivity contribution in [1.82, 2.24) is 0 Å². The molecule has 3 nitrogen and oxygen atoms in total. The van der Waals surface area contributed by atoms with Crippen molar-refractivity contribution in [1.29, 1.82) is 0 Å². The first kappa shape index (κ1) is 12.2. The number of rotatable bonds is 6. The van der Waals surface area contributed by atoms with Crippen LogP contribution in [0.3, 0.4) is 0 Å². The maximum absolute atomic E-state index is 12.5. The summed E-state index contributed by atoms with van der Waals surface area (Å²) in [6.07, 6.45) is 2.46. The van der Waals surface area contributed by atoms with Gasteiger partial charge in [-0.05, 0) is 37.0 Å². The molecule has 2 N–H and O–H groups in total. The molecule has 0 spiro atoms. The second-order valence-electron chi connectivity index (χ2n) is 3.28. The Morgan fingerprint density at radius 2 is 1.80 bits per heavy atom. The van der Waals surface area contributed by atoms with Crippen LogP contribution in [-0.2, 0) is 11.1 Å². The van der Waals surface area contributed by atoms with Gasteiger partial charge in [0.05, 0.1) is 0 Å². The lowest BCUT2D eigenvalue weighted by Crippen LogP contribution is -2.17. The molecule has 0 aliphatic rings. The predicted octanol–water partition coefficient (Wildman–Crippen LogP) is 1.13. The van der Waals surface area contributed by atoms with Crippen LogP contribution in [0.15, 0.2) is 24.3 Å². The lowest BCUT2D eigenvalue weighted by atomic mass is 10.1. The fourth-order valence-electron chi connectivity index (χ4n) is 1.27. The molecule has 0 heterocycles. The standard InChI is InChI=1S/C10H14BFO3/c12-10-6-4-9(5-7-10)3-1-2-8-15-11(13)14/h4-7,13-14H,1-3,8H2. The number of aryl methyl sites for hydroxylation is 1. The third kappa shape index (κ3) is 5.52. The van der Waals surface area contributed by atoms with Crippen LogP contribution in [0.2, 0.25) is 0 Å². The Morgan fingerprint density at radius 1 is 1.13 bits per heavy atom. The van der Waals surface area contributed by atoms with Gasteiger partial charge in [-0.2, -0.15) is 0 Å². The van der Waals surface area contributed by atoms with Gasteiger partial charge in [0.2, 0.25) is 0 Å². The van der Waals surface area contributed by atoms with Crippen molar-refractivity contribution in [2.75, 3.05) is 6.61 Å². The van der Waals surface area contributed by atoms with Crippen molar-refractivity contribution in [3.8, 4) is 0 Å². The van der Waals surface area contributed by atoms with E-state index in [2.05, 4.69) is 4.65 Å². The van der Waals surface area contributed by atoms with Gasteiger partial charge in [-0.25, -0.2) is 4.39 Å². The van der Waals surface area contributed by atoms with E-state index < -0.39 is 7.32 Å². The molecule has 1 aromatic rings. The highest BCUT2D eigenvalue weighted by molar-refractivity contribution is 6.32. The van der Waals surface area contributed by atoms with Gasteiger partial charge in [0.1, 0.15) is 5.82 Å². The molecule has 1 rings (SSSR count). The molecule has 1 aromatic carbocycles. The highest BCUT2D eigenvalue weighted by Crippen LogP contribution is 2.06. The first-order valence-electron chi connectivity index (χ1n) is 4.90. The van der Waals surface area contributed by atoms with Crippen LogP contribution in [0.5, 0.6) is 0 Å². The molecule has 82 valence electrons. The second kappa shape index (κ2) is 6.56. The second-order valence-corrected chi connectivity index (χ2v) is 3.28. The Balaban J connectivity index is 2.12. The number of halogens is 1. The number of hydrogen-bond donors (Lipinski definition) is 2. The van der Waals surface area contributed by atoms with E-state index in [0.717, 1.165) is 24.8 Å². The highest BCUT2D eigenvalue weighted by atomic mass is 19.1. The quantitative estimate of drug-likeness (QED) is 0.549. The average Bonchev–Trinajstić information content (AvgIpc) is 2.20. The van der Waals surface area contributed by atoms with E-state index in [1.54, 1.807) is 12.1 Å². The Hall–Kier alpha value is -0.905. The highest BCUT2D eigenvalue weighted by Gasteiger charge is 2.06. The van der Waals surface area contributed by atoms with Gasteiger partial charge in [-0.3, -0.25) is 0 Å². The van der Waals surface area contributed by atoms with Gasteiger partial charge in [0.15, 0.2) is 0 Å². The van der Waals surface area contributed by atoms with E-state index in [9.17, 15) is 4.39 Å². The zero-order chi connectivity index (χ0) is 11.1. The fraction of sp³-hybridized carbons (Fsp3) is 0.400. The van der Waals surface area contributed by atoms with Crippen molar-refractivity contribution < 1.29 is 19.1 Å². The van der Waals surface area contributed by atoms with E-state index in [1.165, 1.54) is 12.1 Å². The third-order valence-electron chi connectivity index (χ3n) is 2.04. The summed E-state index contributed by atoms with van der Waals surface area (Å²) in [6, 6.07) is 6.36. The molecule has 0 aliphatic heterocycles. The van der Waals surface area contributed by atoms with E-state index in [4.69, 9.17) is 10.0 Å². The molecule has 5 heteroatoms. The van der Waals surface area contributed by atoms with Crippen molar-refractivity contribution in [2.45, 2.75) is 19.3 Å². The number of unbranched alkanes of at least 4 members (excludes halogenated alkanes) is 1. The Labute approximate surface area is 88.7 Å². The Morgan fingerprint density at radius 3 is 2.40 bits per heavy atom. The van der Waals surface area contributed by atoms with Gasteiger partial charge in [0, 0.05) is 6.61 Å². The maximum atomic E-state index is 12.5. The van der Waals surface area contributed by atoms with Gasteiger partial charge < -0.3 is 14.7 Å². The molecule has 0 aliphatic carbocycles. The van der Waals surface area contributed by atoms with E-state index >= 15 is 0 Å². The summed E-state index contributed by atoms with van der Waals surface area (Å²) in [7, 11) is -1.68. The minimum Gasteiger partial charge on any atom is -0.402 e. The third-order valence-corrected chi connectivity index (χ3v) is 2.04. The smallest absolute Gasteiger partial charge is 0.402 e. The van der Waals surface area contributed by atoms with Crippen molar-refractivity contribution in [3.05, 3.63) is 35.6 Å². The summed E-state index contributed by atoms with van der Waals surface area (Å²) in [5, 5.41) is 16.8. The van der Waals surface area contributed by atoms with Crippen molar-refractivity contribution >= 4 is 7.32 Å². The summed E-state index contributed by atoms with van der Waals surface area (Å²) >= 11 is 0. The van der Waals surface area contributed by atoms with Crippen LogP contribution < -0.4 is 0 Å². The lowest BCUT2D eigenvalue weighted by molar-refractivity contribution is 0.182. The van der Waals surface area contributed by atoms with Crippen molar-refractivity contribution in [2.24, 2.45) is 0 Å². The summed E-state index contributed by atoms with van der Waals surface area (Å²) < 4.78 is 17.1. The zero-order valence-electron chi connectivity index (χ0n) is 8.40. The van der Waals surface area contributed by atoms with Gasteiger partial charge in [-0.1, -0.05) is 12.1 Å². The minimum atomic E-state index is -1.68. The van der Waals surface area contributed by atoms with E-state index in [0.29, 0.717) is 6.61 Å². The molecule has 0 radical (unpaired) electrons. The lowest BCUT2D eigenvalue weighted by Gasteiger charge is -2.03.